The molecule has 100 valence electrons. The van der Waals surface area contributed by atoms with Gasteiger partial charge in [0.1, 0.15) is 4.99 Å². The van der Waals surface area contributed by atoms with Crippen molar-refractivity contribution < 1.29 is 0 Å². The van der Waals surface area contributed by atoms with E-state index in [4.69, 9.17) is 29.6 Å². The molecule has 0 aliphatic carbocycles. The summed E-state index contributed by atoms with van der Waals surface area (Å²) < 4.78 is 1.26. The first-order chi connectivity index (χ1) is 9.63. The van der Waals surface area contributed by atoms with E-state index in [9.17, 15) is 0 Å². The Labute approximate surface area is 131 Å². The molecule has 0 amide bonds. The van der Waals surface area contributed by atoms with Crippen LogP contribution in [0.15, 0.2) is 47.8 Å². The Kier molecular flexibility index (Phi) is 3.61. The van der Waals surface area contributed by atoms with Crippen molar-refractivity contribution in [2.75, 3.05) is 5.32 Å². The highest BCUT2D eigenvalue weighted by atomic mass is 35.5. The van der Waals surface area contributed by atoms with Crippen molar-refractivity contribution in [3.8, 4) is 0 Å². The number of nitrogens with one attached hydrogen (secondary N) is 1. The molecule has 0 radical (unpaired) electrons. The lowest BCUT2D eigenvalue weighted by Crippen LogP contribution is -2.11. The number of anilines is 2. The van der Waals surface area contributed by atoms with Crippen LogP contribution in [-0.2, 0) is 0 Å². The number of nitrogens with two attached hydrogens (primary N) is 1. The zero-order chi connectivity index (χ0) is 14.1. The fourth-order valence-electron chi connectivity index (χ4n) is 2.03. The van der Waals surface area contributed by atoms with Crippen molar-refractivity contribution in [1.29, 1.82) is 0 Å². The quantitative estimate of drug-likeness (QED) is 0.672. The van der Waals surface area contributed by atoms with Crippen LogP contribution >= 0.6 is 35.2 Å². The number of benzene rings is 2. The Hall–Kier alpha value is -1.62. The molecule has 0 unspecified atom stereocenters. The summed E-state index contributed by atoms with van der Waals surface area (Å²) in [4.78, 5) is 0.348. The summed E-state index contributed by atoms with van der Waals surface area (Å²) in [5, 5.41) is 7.26. The number of thiocarbonyl (C=S) groups is 1. The maximum atomic E-state index is 6.04. The number of thiophene rings is 1. The lowest BCUT2D eigenvalue weighted by molar-refractivity contribution is 1.54. The Balaban J connectivity index is 2.01. The lowest BCUT2D eigenvalue weighted by Gasteiger charge is -2.12. The second kappa shape index (κ2) is 5.40. The zero-order valence-corrected chi connectivity index (χ0v) is 12.8. The molecule has 3 N–H and O–H groups in total. The molecule has 3 aromatic rings. The van der Waals surface area contributed by atoms with Crippen LogP contribution in [0.3, 0.4) is 0 Å². The molecule has 1 heterocycles. The van der Waals surface area contributed by atoms with Crippen LogP contribution in [0.25, 0.3) is 10.1 Å². The van der Waals surface area contributed by atoms with Crippen LogP contribution in [0, 0.1) is 0 Å². The van der Waals surface area contributed by atoms with E-state index in [1.807, 2.05) is 18.2 Å². The van der Waals surface area contributed by atoms with Crippen LogP contribution in [0.4, 0.5) is 11.4 Å². The van der Waals surface area contributed by atoms with Gasteiger partial charge in [-0.3, -0.25) is 0 Å². The minimum Gasteiger partial charge on any atom is -0.389 e. The van der Waals surface area contributed by atoms with Crippen LogP contribution in [0.1, 0.15) is 5.56 Å². The Morgan fingerprint density at radius 3 is 2.80 bits per heavy atom. The van der Waals surface area contributed by atoms with E-state index in [0.717, 1.165) is 16.9 Å². The first-order valence-corrected chi connectivity index (χ1v) is 7.64. The Morgan fingerprint density at radius 1 is 1.15 bits per heavy atom. The third kappa shape index (κ3) is 2.63. The van der Waals surface area contributed by atoms with E-state index in [2.05, 4.69) is 28.9 Å². The second-order valence-corrected chi connectivity index (χ2v) is 6.18. The van der Waals surface area contributed by atoms with Crippen molar-refractivity contribution in [3.05, 3.63) is 58.4 Å². The van der Waals surface area contributed by atoms with Crippen LogP contribution in [0.5, 0.6) is 0 Å². The normalized spacial score (nSPS) is 10.7. The van der Waals surface area contributed by atoms with Gasteiger partial charge in [-0.05, 0) is 53.2 Å². The van der Waals surface area contributed by atoms with E-state index in [1.54, 1.807) is 17.4 Å². The summed E-state index contributed by atoms with van der Waals surface area (Å²) in [5.74, 6) is 0. The number of halogens is 1. The molecule has 1 aromatic heterocycles. The van der Waals surface area contributed by atoms with Crippen molar-refractivity contribution in [1.82, 2.24) is 0 Å². The van der Waals surface area contributed by atoms with Gasteiger partial charge in [-0.15, -0.1) is 11.3 Å². The largest absolute Gasteiger partial charge is 0.389 e. The van der Waals surface area contributed by atoms with Crippen molar-refractivity contribution in [2.24, 2.45) is 5.73 Å². The maximum absolute atomic E-state index is 6.04. The zero-order valence-electron chi connectivity index (χ0n) is 10.4. The molecule has 20 heavy (non-hydrogen) atoms. The smallest absolute Gasteiger partial charge is 0.106 e. The van der Waals surface area contributed by atoms with Gasteiger partial charge in [0.15, 0.2) is 0 Å². The molecule has 5 heteroatoms. The van der Waals surface area contributed by atoms with Crippen molar-refractivity contribution in [2.45, 2.75) is 0 Å². The number of hydrogen-bond acceptors (Lipinski definition) is 3. The average molecular weight is 319 g/mol. The molecule has 2 nitrogen and oxygen atoms in total. The molecule has 0 fully saturated rings. The highest BCUT2D eigenvalue weighted by Gasteiger charge is 2.07. The Morgan fingerprint density at radius 2 is 2.00 bits per heavy atom. The minimum atomic E-state index is 0.348. The molecule has 0 spiro atoms. The van der Waals surface area contributed by atoms with Crippen molar-refractivity contribution >= 4 is 61.6 Å². The number of fused-ring (bicyclic) bond motifs is 1. The van der Waals surface area contributed by atoms with E-state index in [0.29, 0.717) is 10.0 Å². The topological polar surface area (TPSA) is 38.0 Å². The first kappa shape index (κ1) is 13.4. The fraction of sp³-hybridized carbons (Fsp3) is 0. The fourth-order valence-corrected chi connectivity index (χ4v) is 3.16. The van der Waals surface area contributed by atoms with Gasteiger partial charge >= 0.3 is 0 Å². The summed E-state index contributed by atoms with van der Waals surface area (Å²) in [6, 6.07) is 13.7. The summed E-state index contributed by atoms with van der Waals surface area (Å²) in [7, 11) is 0. The average Bonchev–Trinajstić information content (AvgIpc) is 2.85. The summed E-state index contributed by atoms with van der Waals surface area (Å²) in [6.07, 6.45) is 0. The minimum absolute atomic E-state index is 0.348. The predicted octanol–water partition coefficient (Wildman–Crippen LogP) is 4.93. The molecule has 2 aromatic carbocycles. The maximum Gasteiger partial charge on any atom is 0.106 e. The number of hydrogen-bond donors (Lipinski definition) is 2. The van der Waals surface area contributed by atoms with Gasteiger partial charge in [-0.2, -0.15) is 0 Å². The van der Waals surface area contributed by atoms with E-state index >= 15 is 0 Å². The van der Waals surface area contributed by atoms with Crippen LogP contribution in [0.2, 0.25) is 5.02 Å². The SMILES string of the molecule is NC(=S)c1ccc(Cl)cc1Nc1ccc2sccc2c1. The summed E-state index contributed by atoms with van der Waals surface area (Å²) in [6.45, 7) is 0. The molecule has 3 rings (SSSR count). The van der Waals surface area contributed by atoms with Gasteiger partial charge in [0.25, 0.3) is 0 Å². The lowest BCUT2D eigenvalue weighted by atomic mass is 10.1. The monoisotopic (exact) mass is 318 g/mol. The van der Waals surface area contributed by atoms with Gasteiger partial charge in [-0.1, -0.05) is 23.8 Å². The molecule has 0 atom stereocenters. The van der Waals surface area contributed by atoms with E-state index in [-0.39, 0.29) is 0 Å². The van der Waals surface area contributed by atoms with Gasteiger partial charge in [0.05, 0.1) is 5.69 Å². The third-order valence-corrected chi connectivity index (χ3v) is 4.33. The second-order valence-electron chi connectivity index (χ2n) is 4.35. The molecule has 0 bridgehead atoms. The summed E-state index contributed by atoms with van der Waals surface area (Å²) in [5.41, 5.74) is 8.33. The van der Waals surface area contributed by atoms with E-state index in [1.165, 1.54) is 10.1 Å². The van der Waals surface area contributed by atoms with Gasteiger partial charge < -0.3 is 11.1 Å². The van der Waals surface area contributed by atoms with Crippen LogP contribution < -0.4 is 11.1 Å². The molecule has 0 aliphatic rings. The third-order valence-electron chi connectivity index (χ3n) is 2.98. The number of rotatable bonds is 3. The molecule has 0 saturated heterocycles. The predicted molar refractivity (Wildman–Crippen MR) is 92.4 cm³/mol. The highest BCUT2D eigenvalue weighted by molar-refractivity contribution is 7.80. The standard InChI is InChI=1S/C15H11ClN2S2/c16-10-1-3-12(15(17)19)13(8-10)18-11-2-4-14-9(7-11)5-6-20-14/h1-8,18H,(H2,17,19). The van der Waals surface area contributed by atoms with Gasteiger partial charge in [0, 0.05) is 21.0 Å². The molecule has 0 aliphatic heterocycles. The molecular formula is C15H11ClN2S2. The van der Waals surface area contributed by atoms with E-state index < -0.39 is 0 Å². The van der Waals surface area contributed by atoms with Crippen LogP contribution in [-0.4, -0.2) is 4.99 Å². The summed E-state index contributed by atoms with van der Waals surface area (Å²) >= 11 is 12.8. The first-order valence-electron chi connectivity index (χ1n) is 5.97. The highest BCUT2D eigenvalue weighted by Crippen LogP contribution is 2.28. The van der Waals surface area contributed by atoms with Crippen molar-refractivity contribution in [3.63, 3.8) is 0 Å². The van der Waals surface area contributed by atoms with Gasteiger partial charge in [0.2, 0.25) is 0 Å². The molecule has 0 saturated carbocycles. The molecular weight excluding hydrogens is 308 g/mol. The Bertz CT molecular complexity index is 795. The van der Waals surface area contributed by atoms with Gasteiger partial charge in [-0.25, -0.2) is 0 Å².